The Labute approximate surface area is 98.3 Å². The van der Waals surface area contributed by atoms with Gasteiger partial charge in [0.2, 0.25) is 0 Å². The molecule has 1 heterocycles. The van der Waals surface area contributed by atoms with E-state index < -0.39 is 0 Å². The second-order valence-electron chi connectivity index (χ2n) is 4.24. The van der Waals surface area contributed by atoms with Crippen molar-refractivity contribution in [2.24, 2.45) is 0 Å². The Morgan fingerprint density at radius 3 is 2.75 bits per heavy atom. The summed E-state index contributed by atoms with van der Waals surface area (Å²) in [5.41, 5.74) is 0. The van der Waals surface area contributed by atoms with Crippen LogP contribution in [0.1, 0.15) is 32.6 Å². The minimum atomic E-state index is -0.151. The zero-order valence-corrected chi connectivity index (χ0v) is 10.3. The monoisotopic (exact) mass is 228 g/mol. The first-order chi connectivity index (χ1) is 7.83. The van der Waals surface area contributed by atoms with Gasteiger partial charge < -0.3 is 15.0 Å². The number of carbonyl (C=O) groups is 1. The number of rotatable bonds is 8. The minimum absolute atomic E-state index is 0.151. The third-order valence-corrected chi connectivity index (χ3v) is 2.85. The van der Waals surface area contributed by atoms with E-state index in [1.165, 1.54) is 38.9 Å². The Morgan fingerprint density at radius 1 is 1.31 bits per heavy atom. The summed E-state index contributed by atoms with van der Waals surface area (Å²) in [5.74, 6) is -0.151. The van der Waals surface area contributed by atoms with Gasteiger partial charge in [-0.3, -0.25) is 4.79 Å². The van der Waals surface area contributed by atoms with E-state index in [1.54, 1.807) is 0 Å². The lowest BCUT2D eigenvalue weighted by Gasteiger charge is -2.13. The molecule has 0 saturated carbocycles. The average molecular weight is 228 g/mol. The molecule has 0 aliphatic carbocycles. The summed E-state index contributed by atoms with van der Waals surface area (Å²) in [7, 11) is 0. The average Bonchev–Trinajstić information content (AvgIpc) is 2.76. The van der Waals surface area contributed by atoms with Gasteiger partial charge in [-0.15, -0.1) is 0 Å². The normalized spacial score (nSPS) is 16.6. The Bertz CT molecular complexity index is 191. The van der Waals surface area contributed by atoms with Crippen molar-refractivity contribution < 1.29 is 9.53 Å². The second-order valence-corrected chi connectivity index (χ2v) is 4.24. The molecule has 1 aliphatic rings. The van der Waals surface area contributed by atoms with Crippen LogP contribution < -0.4 is 5.32 Å². The van der Waals surface area contributed by atoms with E-state index in [-0.39, 0.29) is 5.97 Å². The molecule has 1 fully saturated rings. The van der Waals surface area contributed by atoms with Crippen molar-refractivity contribution in [3.8, 4) is 0 Å². The van der Waals surface area contributed by atoms with Crippen LogP contribution in [0.15, 0.2) is 0 Å². The van der Waals surface area contributed by atoms with Crippen LogP contribution >= 0.6 is 0 Å². The number of ether oxygens (including phenoxy) is 1. The zero-order valence-electron chi connectivity index (χ0n) is 10.3. The maximum absolute atomic E-state index is 11.0. The maximum atomic E-state index is 11.0. The van der Waals surface area contributed by atoms with E-state index in [4.69, 9.17) is 4.74 Å². The number of nitrogens with one attached hydrogen (secondary N) is 1. The maximum Gasteiger partial charge on any atom is 0.319 e. The quantitative estimate of drug-likeness (QED) is 0.497. The predicted octanol–water partition coefficient (Wildman–Crippen LogP) is 1.02. The lowest BCUT2D eigenvalue weighted by atomic mass is 10.3. The fourth-order valence-corrected chi connectivity index (χ4v) is 1.99. The highest BCUT2D eigenvalue weighted by atomic mass is 16.5. The van der Waals surface area contributed by atoms with Crippen LogP contribution in [-0.2, 0) is 9.53 Å². The van der Waals surface area contributed by atoms with E-state index >= 15 is 0 Å². The topological polar surface area (TPSA) is 41.6 Å². The van der Waals surface area contributed by atoms with Crippen molar-refractivity contribution in [2.45, 2.75) is 32.6 Å². The van der Waals surface area contributed by atoms with E-state index in [2.05, 4.69) is 10.2 Å². The fraction of sp³-hybridized carbons (Fsp3) is 0.917. The van der Waals surface area contributed by atoms with Crippen molar-refractivity contribution in [1.82, 2.24) is 10.2 Å². The molecule has 16 heavy (non-hydrogen) atoms. The lowest BCUT2D eigenvalue weighted by Crippen LogP contribution is -2.26. The Balaban J connectivity index is 1.82. The molecule has 1 N–H and O–H groups in total. The first-order valence-electron chi connectivity index (χ1n) is 6.41. The van der Waals surface area contributed by atoms with Crippen molar-refractivity contribution in [2.75, 3.05) is 39.3 Å². The Morgan fingerprint density at radius 2 is 2.06 bits per heavy atom. The number of esters is 1. The van der Waals surface area contributed by atoms with E-state index in [9.17, 15) is 4.79 Å². The van der Waals surface area contributed by atoms with Crippen LogP contribution in [0.2, 0.25) is 0 Å². The van der Waals surface area contributed by atoms with Crippen LogP contribution in [0, 0.1) is 0 Å². The van der Waals surface area contributed by atoms with Gasteiger partial charge in [0, 0.05) is 0 Å². The highest BCUT2D eigenvalue weighted by Gasteiger charge is 2.09. The van der Waals surface area contributed by atoms with Crippen LogP contribution in [-0.4, -0.2) is 50.2 Å². The molecule has 0 radical (unpaired) electrons. The molecule has 0 bridgehead atoms. The number of likely N-dealkylation sites (tertiary alicyclic amines) is 1. The van der Waals surface area contributed by atoms with Gasteiger partial charge >= 0.3 is 5.97 Å². The SMILES string of the molecule is CCOC(=O)CNCCCCN1CCCC1. The fourth-order valence-electron chi connectivity index (χ4n) is 1.99. The standard InChI is InChI=1S/C12H24N2O2/c1-2-16-12(15)11-13-7-3-4-8-14-9-5-6-10-14/h13H,2-11H2,1H3. The molecular weight excluding hydrogens is 204 g/mol. The van der Waals surface area contributed by atoms with Crippen molar-refractivity contribution in [3.05, 3.63) is 0 Å². The van der Waals surface area contributed by atoms with Gasteiger partial charge in [0.15, 0.2) is 0 Å². The molecule has 0 aromatic carbocycles. The summed E-state index contributed by atoms with van der Waals surface area (Å²) in [6.45, 7) is 7.31. The number of hydrogen-bond acceptors (Lipinski definition) is 4. The molecule has 0 amide bonds. The molecule has 0 atom stereocenters. The zero-order chi connectivity index (χ0) is 11.6. The molecule has 94 valence electrons. The number of carbonyl (C=O) groups excluding carboxylic acids is 1. The van der Waals surface area contributed by atoms with Gasteiger partial charge in [0.25, 0.3) is 0 Å². The largest absolute Gasteiger partial charge is 0.465 e. The van der Waals surface area contributed by atoms with Gasteiger partial charge in [0.05, 0.1) is 13.2 Å². The van der Waals surface area contributed by atoms with Crippen molar-refractivity contribution in [3.63, 3.8) is 0 Å². The summed E-state index contributed by atoms with van der Waals surface area (Å²) >= 11 is 0. The van der Waals surface area contributed by atoms with Crippen LogP contribution in [0.4, 0.5) is 0 Å². The highest BCUT2D eigenvalue weighted by Crippen LogP contribution is 2.07. The number of nitrogens with zero attached hydrogens (tertiary/aromatic N) is 1. The van der Waals surface area contributed by atoms with Gasteiger partial charge in [0.1, 0.15) is 0 Å². The van der Waals surface area contributed by atoms with E-state index in [1.807, 2.05) is 6.92 Å². The van der Waals surface area contributed by atoms with E-state index in [0.29, 0.717) is 13.2 Å². The molecule has 1 rings (SSSR count). The van der Waals surface area contributed by atoms with Crippen LogP contribution in [0.3, 0.4) is 0 Å². The number of hydrogen-bond donors (Lipinski definition) is 1. The van der Waals surface area contributed by atoms with Crippen LogP contribution in [0.5, 0.6) is 0 Å². The second kappa shape index (κ2) is 8.53. The third kappa shape index (κ3) is 6.08. The highest BCUT2D eigenvalue weighted by molar-refractivity contribution is 5.71. The predicted molar refractivity (Wildman–Crippen MR) is 64.4 cm³/mol. The Kier molecular flexibility index (Phi) is 7.17. The first-order valence-corrected chi connectivity index (χ1v) is 6.41. The van der Waals surface area contributed by atoms with Gasteiger partial charge in [-0.2, -0.15) is 0 Å². The van der Waals surface area contributed by atoms with Gasteiger partial charge in [-0.05, 0) is 58.8 Å². The van der Waals surface area contributed by atoms with Gasteiger partial charge in [-0.1, -0.05) is 0 Å². The molecule has 0 spiro atoms. The molecule has 1 aliphatic heterocycles. The molecular formula is C12H24N2O2. The Hall–Kier alpha value is -0.610. The summed E-state index contributed by atoms with van der Waals surface area (Å²) in [6, 6.07) is 0. The summed E-state index contributed by atoms with van der Waals surface area (Å²) in [6.07, 6.45) is 5.08. The summed E-state index contributed by atoms with van der Waals surface area (Å²) < 4.78 is 4.82. The minimum Gasteiger partial charge on any atom is -0.465 e. The van der Waals surface area contributed by atoms with Crippen molar-refractivity contribution in [1.29, 1.82) is 0 Å². The van der Waals surface area contributed by atoms with Gasteiger partial charge in [-0.25, -0.2) is 0 Å². The molecule has 4 nitrogen and oxygen atoms in total. The summed E-state index contributed by atoms with van der Waals surface area (Å²) in [5, 5.41) is 3.10. The summed E-state index contributed by atoms with van der Waals surface area (Å²) in [4.78, 5) is 13.5. The molecule has 0 aromatic rings. The number of unbranched alkanes of at least 4 members (excludes halogenated alkanes) is 1. The smallest absolute Gasteiger partial charge is 0.319 e. The van der Waals surface area contributed by atoms with E-state index in [0.717, 1.165) is 13.0 Å². The lowest BCUT2D eigenvalue weighted by molar-refractivity contribution is -0.141. The van der Waals surface area contributed by atoms with Crippen molar-refractivity contribution >= 4 is 5.97 Å². The van der Waals surface area contributed by atoms with Crippen LogP contribution in [0.25, 0.3) is 0 Å². The molecule has 0 aromatic heterocycles. The molecule has 0 unspecified atom stereocenters. The molecule has 1 saturated heterocycles. The first kappa shape index (κ1) is 13.5. The third-order valence-electron chi connectivity index (χ3n) is 2.85. The molecule has 4 heteroatoms.